The molecule has 11 heteroatoms. The fourth-order valence-electron chi connectivity index (χ4n) is 2.60. The van der Waals surface area contributed by atoms with Gasteiger partial charge in [0.2, 0.25) is 10.0 Å². The zero-order chi connectivity index (χ0) is 23.2. The number of benzene rings is 2. The summed E-state index contributed by atoms with van der Waals surface area (Å²) in [7, 11) is -1.33. The van der Waals surface area contributed by atoms with Crippen LogP contribution < -0.4 is 15.8 Å². The van der Waals surface area contributed by atoms with Gasteiger partial charge in [0.25, 0.3) is 5.91 Å². The molecule has 0 fully saturated rings. The second kappa shape index (κ2) is 10.0. The van der Waals surface area contributed by atoms with Crippen molar-refractivity contribution in [1.82, 2.24) is 9.62 Å². The van der Waals surface area contributed by atoms with E-state index in [4.69, 9.17) is 15.2 Å². The second-order valence-electron chi connectivity index (χ2n) is 6.51. The van der Waals surface area contributed by atoms with Gasteiger partial charge in [-0.3, -0.25) is 10.1 Å². The van der Waals surface area contributed by atoms with Crippen molar-refractivity contribution in [3.63, 3.8) is 0 Å². The van der Waals surface area contributed by atoms with Crippen LogP contribution in [-0.2, 0) is 26.1 Å². The minimum Gasteiger partial charge on any atom is -0.495 e. The number of imide groups is 1. The minimum atomic E-state index is -4.04. The third kappa shape index (κ3) is 6.03. The van der Waals surface area contributed by atoms with Crippen LogP contribution in [0.15, 0.2) is 53.4 Å². The second-order valence-corrected chi connectivity index (χ2v) is 8.53. The van der Waals surface area contributed by atoms with Gasteiger partial charge in [0.05, 0.1) is 12.7 Å². The molecule has 10 nitrogen and oxygen atoms in total. The summed E-state index contributed by atoms with van der Waals surface area (Å²) >= 11 is 0. The highest BCUT2D eigenvalue weighted by Gasteiger charge is 2.27. The van der Waals surface area contributed by atoms with Gasteiger partial charge in [0.15, 0.2) is 6.10 Å². The Morgan fingerprint density at radius 3 is 2.35 bits per heavy atom. The van der Waals surface area contributed by atoms with Crippen LogP contribution >= 0.6 is 0 Å². The lowest BCUT2D eigenvalue weighted by Gasteiger charge is -2.20. The summed E-state index contributed by atoms with van der Waals surface area (Å²) in [5, 5.41) is 1.79. The van der Waals surface area contributed by atoms with Crippen molar-refractivity contribution >= 4 is 27.9 Å². The Bertz CT molecular complexity index is 1070. The van der Waals surface area contributed by atoms with Crippen LogP contribution in [0.2, 0.25) is 0 Å². The number of nitrogens with zero attached hydrogens (tertiary/aromatic N) is 1. The highest BCUT2D eigenvalue weighted by atomic mass is 32.2. The van der Waals surface area contributed by atoms with Crippen LogP contribution in [0.5, 0.6) is 5.75 Å². The summed E-state index contributed by atoms with van der Waals surface area (Å²) in [5.41, 5.74) is 5.52. The standard InChI is InChI=1S/C20H23N3O7S/c1-13(18(24)22-20(21)26)30-19(25)15-9-10-16(29-3)17(11-15)31(27,28)23(2)12-14-7-5-4-6-8-14/h4-11,13H,12H2,1-3H3,(H3,21,22,24,26)/t13-/m1/s1. The monoisotopic (exact) mass is 449 g/mol. The van der Waals surface area contributed by atoms with Gasteiger partial charge in [-0.15, -0.1) is 0 Å². The summed E-state index contributed by atoms with van der Waals surface area (Å²) in [6.45, 7) is 1.34. The molecule has 2 aromatic carbocycles. The van der Waals surface area contributed by atoms with Crippen LogP contribution in [0.4, 0.5) is 4.79 Å². The Morgan fingerprint density at radius 1 is 1.13 bits per heavy atom. The molecule has 0 aromatic heterocycles. The van der Waals surface area contributed by atoms with Gasteiger partial charge in [-0.05, 0) is 30.7 Å². The number of carbonyl (C=O) groups excluding carboxylic acids is 3. The number of hydrogen-bond donors (Lipinski definition) is 2. The number of nitrogens with one attached hydrogen (secondary N) is 1. The van der Waals surface area contributed by atoms with E-state index in [0.717, 1.165) is 15.9 Å². The molecule has 31 heavy (non-hydrogen) atoms. The van der Waals surface area contributed by atoms with Crippen LogP contribution in [0.1, 0.15) is 22.8 Å². The van der Waals surface area contributed by atoms with Gasteiger partial charge in [0.1, 0.15) is 10.6 Å². The largest absolute Gasteiger partial charge is 0.495 e. The van der Waals surface area contributed by atoms with Crippen molar-refractivity contribution in [3.05, 3.63) is 59.7 Å². The Hall–Kier alpha value is -3.44. The molecular weight excluding hydrogens is 426 g/mol. The first-order valence-electron chi connectivity index (χ1n) is 9.06. The molecule has 1 atom stereocenters. The fraction of sp³-hybridized carbons (Fsp3) is 0.250. The zero-order valence-corrected chi connectivity index (χ0v) is 18.0. The molecule has 2 aromatic rings. The van der Waals surface area contributed by atoms with Crippen LogP contribution in [0, 0.1) is 0 Å². The van der Waals surface area contributed by atoms with E-state index in [1.165, 1.54) is 33.2 Å². The number of nitrogens with two attached hydrogens (primary N) is 1. The van der Waals surface area contributed by atoms with E-state index in [2.05, 4.69) is 0 Å². The third-order valence-electron chi connectivity index (χ3n) is 4.24. The van der Waals surface area contributed by atoms with Gasteiger partial charge in [-0.2, -0.15) is 4.31 Å². The van der Waals surface area contributed by atoms with E-state index in [1.54, 1.807) is 29.6 Å². The normalized spacial score (nSPS) is 12.1. The number of ether oxygens (including phenoxy) is 2. The molecule has 0 aliphatic heterocycles. The van der Waals surface area contributed by atoms with Crippen molar-refractivity contribution in [3.8, 4) is 5.75 Å². The van der Waals surface area contributed by atoms with E-state index in [9.17, 15) is 22.8 Å². The Kier molecular flexibility index (Phi) is 7.72. The Morgan fingerprint density at radius 2 is 1.77 bits per heavy atom. The van der Waals surface area contributed by atoms with Gasteiger partial charge >= 0.3 is 12.0 Å². The fourth-order valence-corrected chi connectivity index (χ4v) is 3.94. The lowest BCUT2D eigenvalue weighted by molar-refractivity contribution is -0.127. The summed E-state index contributed by atoms with van der Waals surface area (Å²) in [4.78, 5) is 34.6. The summed E-state index contributed by atoms with van der Waals surface area (Å²) in [5.74, 6) is -1.84. The number of sulfonamides is 1. The first-order valence-corrected chi connectivity index (χ1v) is 10.5. The van der Waals surface area contributed by atoms with E-state index in [1.807, 2.05) is 6.07 Å². The maximum atomic E-state index is 13.1. The van der Waals surface area contributed by atoms with E-state index in [-0.39, 0.29) is 22.8 Å². The number of hydrogen-bond acceptors (Lipinski definition) is 7. The van der Waals surface area contributed by atoms with Gasteiger partial charge in [0, 0.05) is 13.6 Å². The molecule has 3 amide bonds. The smallest absolute Gasteiger partial charge is 0.338 e. The molecule has 0 unspecified atom stereocenters. The number of rotatable bonds is 8. The van der Waals surface area contributed by atoms with E-state index in [0.29, 0.717) is 0 Å². The molecule has 0 saturated heterocycles. The number of urea groups is 1. The molecule has 3 N–H and O–H groups in total. The third-order valence-corrected chi connectivity index (χ3v) is 6.06. The summed E-state index contributed by atoms with van der Waals surface area (Å²) < 4.78 is 37.5. The molecule has 0 aliphatic carbocycles. The lowest BCUT2D eigenvalue weighted by Crippen LogP contribution is -2.42. The summed E-state index contributed by atoms with van der Waals surface area (Å²) in [6.07, 6.45) is -1.33. The van der Waals surface area contributed by atoms with Gasteiger partial charge in [-0.1, -0.05) is 30.3 Å². The highest BCUT2D eigenvalue weighted by molar-refractivity contribution is 7.89. The highest BCUT2D eigenvalue weighted by Crippen LogP contribution is 2.28. The minimum absolute atomic E-state index is 0.0379. The van der Waals surface area contributed by atoms with Crippen molar-refractivity contribution in [2.24, 2.45) is 5.73 Å². The molecule has 0 heterocycles. The van der Waals surface area contributed by atoms with Crippen LogP contribution in [0.3, 0.4) is 0 Å². The van der Waals surface area contributed by atoms with Crippen LogP contribution in [0.25, 0.3) is 0 Å². The van der Waals surface area contributed by atoms with Crippen molar-refractivity contribution < 1.29 is 32.3 Å². The summed E-state index contributed by atoms with van der Waals surface area (Å²) in [6, 6.07) is 11.6. The average molecular weight is 449 g/mol. The van der Waals surface area contributed by atoms with E-state index >= 15 is 0 Å². The van der Waals surface area contributed by atoms with Crippen molar-refractivity contribution in [1.29, 1.82) is 0 Å². The molecule has 0 saturated carbocycles. The molecule has 2 rings (SSSR count). The topological polar surface area (TPSA) is 145 Å². The zero-order valence-electron chi connectivity index (χ0n) is 17.2. The lowest BCUT2D eigenvalue weighted by atomic mass is 10.2. The van der Waals surface area contributed by atoms with Gasteiger partial charge in [-0.25, -0.2) is 18.0 Å². The van der Waals surface area contributed by atoms with Gasteiger partial charge < -0.3 is 15.2 Å². The van der Waals surface area contributed by atoms with E-state index < -0.39 is 34.0 Å². The molecule has 0 radical (unpaired) electrons. The maximum Gasteiger partial charge on any atom is 0.338 e. The SMILES string of the molecule is COc1ccc(C(=O)O[C@H](C)C(=O)NC(N)=O)cc1S(=O)(=O)N(C)Cc1ccccc1. The molecule has 0 bridgehead atoms. The number of methoxy groups -OCH3 is 1. The molecule has 166 valence electrons. The Balaban J connectivity index is 2.29. The Labute approximate surface area is 180 Å². The quantitative estimate of drug-likeness (QED) is 0.577. The predicted molar refractivity (Wildman–Crippen MR) is 111 cm³/mol. The first kappa shape index (κ1) is 23.8. The molecule has 0 aliphatic rings. The number of primary amides is 1. The number of carbonyl (C=O) groups is 3. The number of amides is 3. The van der Waals surface area contributed by atoms with Crippen LogP contribution in [-0.4, -0.2) is 50.9 Å². The average Bonchev–Trinajstić information content (AvgIpc) is 2.73. The molecular formula is C20H23N3O7S. The molecule has 0 spiro atoms. The maximum absolute atomic E-state index is 13.1. The predicted octanol–water partition coefficient (Wildman–Crippen LogP) is 1.26. The van der Waals surface area contributed by atoms with Crippen molar-refractivity contribution in [2.75, 3.05) is 14.2 Å². The number of esters is 1. The first-order chi connectivity index (χ1) is 14.6. The van der Waals surface area contributed by atoms with Crippen molar-refractivity contribution in [2.45, 2.75) is 24.5 Å².